The number of carbonyl (C=O) groups excluding carboxylic acids is 1. The van der Waals surface area contributed by atoms with Crippen molar-refractivity contribution in [3.63, 3.8) is 0 Å². The SMILES string of the molecule is CC(C)(C)OC(=O)[C@@H]([C@H](Nc1ccc(Cl)cc1)C(F)(F)F)S(=O)(=O)C(C)(C)C. The van der Waals surface area contributed by atoms with Crippen molar-refractivity contribution in [2.24, 2.45) is 0 Å². The Morgan fingerprint density at radius 1 is 1.04 bits per heavy atom. The van der Waals surface area contributed by atoms with Crippen LogP contribution in [0, 0.1) is 0 Å². The Morgan fingerprint density at radius 2 is 1.50 bits per heavy atom. The van der Waals surface area contributed by atoms with Gasteiger partial charge >= 0.3 is 12.1 Å². The highest BCUT2D eigenvalue weighted by Gasteiger charge is 2.57. The van der Waals surface area contributed by atoms with Crippen molar-refractivity contribution in [3.8, 4) is 0 Å². The number of esters is 1. The first kappa shape index (κ1) is 24.6. The van der Waals surface area contributed by atoms with Gasteiger partial charge in [-0.2, -0.15) is 13.2 Å². The summed E-state index contributed by atoms with van der Waals surface area (Å²) in [6.07, 6.45) is -5.06. The lowest BCUT2D eigenvalue weighted by Gasteiger charge is -2.34. The van der Waals surface area contributed by atoms with Gasteiger partial charge in [0.15, 0.2) is 21.1 Å². The van der Waals surface area contributed by atoms with Crippen LogP contribution in [0.15, 0.2) is 24.3 Å². The molecule has 28 heavy (non-hydrogen) atoms. The zero-order valence-electron chi connectivity index (χ0n) is 16.5. The minimum Gasteiger partial charge on any atom is -0.459 e. The molecule has 5 nitrogen and oxygen atoms in total. The summed E-state index contributed by atoms with van der Waals surface area (Å²) in [7, 11) is -4.60. The van der Waals surface area contributed by atoms with Crippen molar-refractivity contribution in [1.29, 1.82) is 0 Å². The zero-order chi connectivity index (χ0) is 22.1. The second-order valence-corrected chi connectivity index (χ2v) is 11.5. The van der Waals surface area contributed by atoms with E-state index in [9.17, 15) is 26.4 Å². The van der Waals surface area contributed by atoms with Crippen LogP contribution in [0.4, 0.5) is 18.9 Å². The smallest absolute Gasteiger partial charge is 0.410 e. The molecule has 2 atom stereocenters. The highest BCUT2D eigenvalue weighted by atomic mass is 35.5. The lowest BCUT2D eigenvalue weighted by molar-refractivity contribution is -0.167. The maximum atomic E-state index is 13.9. The molecule has 0 spiro atoms. The lowest BCUT2D eigenvalue weighted by atomic mass is 10.1. The standard InChI is InChI=1S/C18H25ClF3NO4S/c1-16(2,3)27-15(24)13(28(25,26)17(4,5)6)14(18(20,21)22)23-12-9-7-11(19)8-10-12/h7-10,13-14,23H,1-6H3/t13-,14+/m1/s1. The third-order valence-corrected chi connectivity index (χ3v) is 6.74. The Kier molecular flexibility index (Phi) is 7.11. The number of hydrogen-bond donors (Lipinski definition) is 1. The summed E-state index contributed by atoms with van der Waals surface area (Å²) in [5, 5.41) is -0.0785. The first-order chi connectivity index (χ1) is 12.4. The van der Waals surface area contributed by atoms with Crippen LogP contribution in [0.2, 0.25) is 5.02 Å². The third kappa shape index (κ3) is 6.27. The highest BCUT2D eigenvalue weighted by molar-refractivity contribution is 7.94. The van der Waals surface area contributed by atoms with E-state index in [1.54, 1.807) is 0 Å². The Bertz CT molecular complexity index is 794. The molecule has 0 fully saturated rings. The molecule has 0 saturated carbocycles. The molecule has 1 aromatic carbocycles. The topological polar surface area (TPSA) is 72.5 Å². The number of carbonyl (C=O) groups is 1. The fourth-order valence-corrected chi connectivity index (χ4v) is 4.01. The van der Waals surface area contributed by atoms with Crippen molar-refractivity contribution >= 4 is 33.1 Å². The highest BCUT2D eigenvalue weighted by Crippen LogP contribution is 2.34. The van der Waals surface area contributed by atoms with Crippen LogP contribution in [0.1, 0.15) is 41.5 Å². The van der Waals surface area contributed by atoms with Crippen LogP contribution >= 0.6 is 11.6 Å². The maximum absolute atomic E-state index is 13.9. The van der Waals surface area contributed by atoms with Gasteiger partial charge in [0.25, 0.3) is 0 Å². The molecular formula is C18H25ClF3NO4S. The van der Waals surface area contributed by atoms with Crippen LogP contribution in [0.5, 0.6) is 0 Å². The van der Waals surface area contributed by atoms with Crippen molar-refractivity contribution < 1.29 is 31.1 Å². The number of sulfone groups is 1. The third-order valence-electron chi connectivity index (χ3n) is 3.65. The van der Waals surface area contributed by atoms with E-state index < -0.39 is 43.6 Å². The summed E-state index contributed by atoms with van der Waals surface area (Å²) < 4.78 is 71.0. The number of benzene rings is 1. The monoisotopic (exact) mass is 443 g/mol. The normalized spacial score (nSPS) is 15.6. The van der Waals surface area contributed by atoms with Crippen molar-refractivity contribution in [2.75, 3.05) is 5.32 Å². The molecule has 0 aliphatic heterocycles. The van der Waals surface area contributed by atoms with Gasteiger partial charge in [0.05, 0.1) is 4.75 Å². The van der Waals surface area contributed by atoms with Gasteiger partial charge in [0.1, 0.15) is 5.60 Å². The second-order valence-electron chi connectivity index (χ2n) is 8.28. The first-order valence-electron chi connectivity index (χ1n) is 8.41. The molecule has 0 saturated heterocycles. The van der Waals surface area contributed by atoms with Crippen LogP contribution in [0.3, 0.4) is 0 Å². The van der Waals surface area contributed by atoms with Gasteiger partial charge in [-0.05, 0) is 65.8 Å². The van der Waals surface area contributed by atoms with E-state index in [1.807, 2.05) is 0 Å². The molecule has 0 unspecified atom stereocenters. The maximum Gasteiger partial charge on any atom is 0.410 e. The fraction of sp³-hybridized carbons (Fsp3) is 0.611. The summed E-state index contributed by atoms with van der Waals surface area (Å²) in [6, 6.07) is 2.50. The van der Waals surface area contributed by atoms with E-state index in [2.05, 4.69) is 5.32 Å². The number of anilines is 1. The van der Waals surface area contributed by atoms with E-state index in [4.69, 9.17) is 16.3 Å². The summed E-state index contributed by atoms with van der Waals surface area (Å²) in [5.74, 6) is -1.47. The second kappa shape index (κ2) is 8.10. The predicted octanol–water partition coefficient (Wildman–Crippen LogP) is 4.61. The molecule has 0 aliphatic rings. The molecule has 160 valence electrons. The van der Waals surface area contributed by atoms with E-state index in [-0.39, 0.29) is 5.69 Å². The minimum absolute atomic E-state index is 0.0376. The number of rotatable bonds is 5. The Morgan fingerprint density at radius 3 is 1.86 bits per heavy atom. The molecule has 0 radical (unpaired) electrons. The average Bonchev–Trinajstić information content (AvgIpc) is 2.44. The molecule has 10 heteroatoms. The van der Waals surface area contributed by atoms with E-state index in [1.165, 1.54) is 65.8 Å². The van der Waals surface area contributed by atoms with Gasteiger partial charge in [-0.3, -0.25) is 4.79 Å². The van der Waals surface area contributed by atoms with Crippen molar-refractivity contribution in [3.05, 3.63) is 29.3 Å². The van der Waals surface area contributed by atoms with Crippen molar-refractivity contribution in [1.82, 2.24) is 0 Å². The largest absolute Gasteiger partial charge is 0.459 e. The lowest BCUT2D eigenvalue weighted by Crippen LogP contribution is -2.58. The van der Waals surface area contributed by atoms with Crippen LogP contribution < -0.4 is 5.32 Å². The van der Waals surface area contributed by atoms with Gasteiger partial charge in [-0.25, -0.2) is 8.42 Å². The molecule has 0 aliphatic carbocycles. The molecule has 0 bridgehead atoms. The molecule has 1 N–H and O–H groups in total. The first-order valence-corrected chi connectivity index (χ1v) is 10.3. The fourth-order valence-electron chi connectivity index (χ4n) is 2.24. The van der Waals surface area contributed by atoms with E-state index in [0.717, 1.165) is 0 Å². The van der Waals surface area contributed by atoms with Crippen molar-refractivity contribution in [2.45, 2.75) is 69.4 Å². The predicted molar refractivity (Wildman–Crippen MR) is 103 cm³/mol. The molecule has 0 aromatic heterocycles. The van der Waals surface area contributed by atoms with Gasteiger partial charge in [-0.1, -0.05) is 11.6 Å². The van der Waals surface area contributed by atoms with Gasteiger partial charge < -0.3 is 10.1 Å². The number of hydrogen-bond acceptors (Lipinski definition) is 5. The quantitative estimate of drug-likeness (QED) is 0.673. The molecule has 0 heterocycles. The van der Waals surface area contributed by atoms with Crippen LogP contribution in [-0.4, -0.2) is 42.2 Å². The Balaban J connectivity index is 3.54. The molecule has 1 rings (SSSR count). The number of alkyl halides is 3. The minimum atomic E-state index is -5.06. The molecule has 0 amide bonds. The zero-order valence-corrected chi connectivity index (χ0v) is 18.1. The van der Waals surface area contributed by atoms with Crippen LogP contribution in [0.25, 0.3) is 0 Å². The number of halogens is 4. The summed E-state index contributed by atoms with van der Waals surface area (Å²) >= 11 is 5.74. The average molecular weight is 444 g/mol. The summed E-state index contributed by atoms with van der Waals surface area (Å²) in [5.41, 5.74) is -1.21. The summed E-state index contributed by atoms with van der Waals surface area (Å²) in [4.78, 5) is 12.6. The number of ether oxygens (including phenoxy) is 1. The Hall–Kier alpha value is -1.48. The van der Waals surface area contributed by atoms with Gasteiger partial charge in [-0.15, -0.1) is 0 Å². The van der Waals surface area contributed by atoms with Gasteiger partial charge in [0.2, 0.25) is 0 Å². The van der Waals surface area contributed by atoms with Gasteiger partial charge in [0, 0.05) is 10.7 Å². The van der Waals surface area contributed by atoms with E-state index in [0.29, 0.717) is 5.02 Å². The van der Waals surface area contributed by atoms with E-state index >= 15 is 0 Å². The molecule has 1 aromatic rings. The van der Waals surface area contributed by atoms with Crippen LogP contribution in [-0.2, 0) is 19.4 Å². The molecular weight excluding hydrogens is 419 g/mol. The summed E-state index contributed by atoms with van der Waals surface area (Å²) in [6.45, 7) is 8.03. The Labute approximate surface area is 168 Å². The number of nitrogens with one attached hydrogen (secondary N) is 1.